The van der Waals surface area contributed by atoms with Crippen molar-refractivity contribution in [3.05, 3.63) is 30.0 Å². The molecule has 1 heterocycles. The molecule has 0 saturated heterocycles. The molecule has 2 aromatic rings. The van der Waals surface area contributed by atoms with E-state index in [9.17, 15) is 4.79 Å². The summed E-state index contributed by atoms with van der Waals surface area (Å²) in [7, 11) is 1.58. The van der Waals surface area contributed by atoms with Crippen molar-refractivity contribution in [2.24, 2.45) is 0 Å². The highest BCUT2D eigenvalue weighted by Crippen LogP contribution is 2.28. The van der Waals surface area contributed by atoms with Gasteiger partial charge in [-0.3, -0.25) is 4.79 Å². The highest BCUT2D eigenvalue weighted by Gasteiger charge is 2.12. The van der Waals surface area contributed by atoms with E-state index in [0.29, 0.717) is 23.4 Å². The van der Waals surface area contributed by atoms with Crippen LogP contribution in [0.1, 0.15) is 30.1 Å². The SMILES string of the molecule is CCCCNC(=O)c1cc(OC)c2ccoc2c1. The number of furan rings is 1. The smallest absolute Gasteiger partial charge is 0.251 e. The van der Waals surface area contributed by atoms with Crippen LogP contribution < -0.4 is 10.1 Å². The number of carbonyl (C=O) groups excluding carboxylic acids is 1. The number of hydrogen-bond donors (Lipinski definition) is 1. The van der Waals surface area contributed by atoms with Gasteiger partial charge >= 0.3 is 0 Å². The summed E-state index contributed by atoms with van der Waals surface area (Å²) < 4.78 is 10.6. The van der Waals surface area contributed by atoms with Crippen molar-refractivity contribution in [3.8, 4) is 5.75 Å². The summed E-state index contributed by atoms with van der Waals surface area (Å²) >= 11 is 0. The van der Waals surface area contributed by atoms with Crippen molar-refractivity contribution >= 4 is 16.9 Å². The van der Waals surface area contributed by atoms with Gasteiger partial charge in [-0.15, -0.1) is 0 Å². The number of unbranched alkanes of at least 4 members (excludes halogenated alkanes) is 1. The zero-order valence-corrected chi connectivity index (χ0v) is 10.7. The first-order valence-corrected chi connectivity index (χ1v) is 6.09. The topological polar surface area (TPSA) is 51.5 Å². The molecule has 0 saturated carbocycles. The van der Waals surface area contributed by atoms with E-state index >= 15 is 0 Å². The van der Waals surface area contributed by atoms with Crippen molar-refractivity contribution in [2.45, 2.75) is 19.8 Å². The fourth-order valence-electron chi connectivity index (χ4n) is 1.82. The highest BCUT2D eigenvalue weighted by atomic mass is 16.5. The fraction of sp³-hybridized carbons (Fsp3) is 0.357. The first kappa shape index (κ1) is 12.5. The van der Waals surface area contributed by atoms with Crippen LogP contribution in [0.2, 0.25) is 0 Å². The van der Waals surface area contributed by atoms with Crippen molar-refractivity contribution in [3.63, 3.8) is 0 Å². The predicted octanol–water partition coefficient (Wildman–Crippen LogP) is 2.97. The van der Waals surface area contributed by atoms with E-state index < -0.39 is 0 Å². The molecule has 1 amide bonds. The maximum atomic E-state index is 11.9. The normalized spacial score (nSPS) is 10.6. The van der Waals surface area contributed by atoms with E-state index in [-0.39, 0.29) is 5.91 Å². The van der Waals surface area contributed by atoms with Crippen LogP contribution in [0.15, 0.2) is 28.9 Å². The quantitative estimate of drug-likeness (QED) is 0.826. The van der Waals surface area contributed by atoms with E-state index in [4.69, 9.17) is 9.15 Å². The van der Waals surface area contributed by atoms with Crippen LogP contribution >= 0.6 is 0 Å². The lowest BCUT2D eigenvalue weighted by Gasteiger charge is -2.07. The molecule has 2 rings (SSSR count). The highest BCUT2D eigenvalue weighted by molar-refractivity contribution is 5.99. The Morgan fingerprint density at radius 2 is 2.28 bits per heavy atom. The van der Waals surface area contributed by atoms with Crippen LogP contribution in [0.25, 0.3) is 11.0 Å². The Morgan fingerprint density at radius 1 is 1.44 bits per heavy atom. The summed E-state index contributed by atoms with van der Waals surface area (Å²) in [5, 5.41) is 3.75. The maximum absolute atomic E-state index is 11.9. The lowest BCUT2D eigenvalue weighted by molar-refractivity contribution is 0.0953. The van der Waals surface area contributed by atoms with Gasteiger partial charge in [-0.05, 0) is 24.6 Å². The Kier molecular flexibility index (Phi) is 3.87. The first-order valence-electron chi connectivity index (χ1n) is 6.09. The van der Waals surface area contributed by atoms with Crippen LogP contribution in [0.5, 0.6) is 5.75 Å². The van der Waals surface area contributed by atoms with E-state index in [0.717, 1.165) is 18.2 Å². The number of rotatable bonds is 5. The summed E-state index contributed by atoms with van der Waals surface area (Å²) in [5.41, 5.74) is 1.22. The molecule has 96 valence electrons. The van der Waals surface area contributed by atoms with Crippen LogP contribution in [0.4, 0.5) is 0 Å². The summed E-state index contributed by atoms with van der Waals surface area (Å²) in [5.74, 6) is 0.557. The Morgan fingerprint density at radius 3 is 3.00 bits per heavy atom. The van der Waals surface area contributed by atoms with Gasteiger partial charge in [-0.25, -0.2) is 0 Å². The molecule has 1 N–H and O–H groups in total. The summed E-state index contributed by atoms with van der Waals surface area (Å²) in [4.78, 5) is 11.9. The molecule has 0 atom stereocenters. The fourth-order valence-corrected chi connectivity index (χ4v) is 1.82. The Labute approximate surface area is 106 Å². The van der Waals surface area contributed by atoms with Crippen molar-refractivity contribution in [1.29, 1.82) is 0 Å². The van der Waals surface area contributed by atoms with Gasteiger partial charge in [0.1, 0.15) is 11.3 Å². The number of benzene rings is 1. The third-order valence-corrected chi connectivity index (χ3v) is 2.83. The average Bonchev–Trinajstić information content (AvgIpc) is 2.85. The second-order valence-corrected chi connectivity index (χ2v) is 4.12. The Bertz CT molecular complexity index is 545. The number of nitrogens with one attached hydrogen (secondary N) is 1. The molecule has 0 spiro atoms. The van der Waals surface area contributed by atoms with Gasteiger partial charge in [-0.1, -0.05) is 13.3 Å². The minimum absolute atomic E-state index is 0.0972. The second kappa shape index (κ2) is 5.58. The lowest BCUT2D eigenvalue weighted by atomic mass is 10.1. The van der Waals surface area contributed by atoms with Crippen molar-refractivity contribution < 1.29 is 13.9 Å². The Hall–Kier alpha value is -1.97. The van der Waals surface area contributed by atoms with E-state index in [1.54, 1.807) is 25.5 Å². The van der Waals surface area contributed by atoms with Crippen LogP contribution in [0.3, 0.4) is 0 Å². The van der Waals surface area contributed by atoms with Gasteiger partial charge in [0, 0.05) is 12.1 Å². The number of methoxy groups -OCH3 is 1. The zero-order valence-electron chi connectivity index (χ0n) is 10.7. The number of fused-ring (bicyclic) bond motifs is 1. The second-order valence-electron chi connectivity index (χ2n) is 4.12. The van der Waals surface area contributed by atoms with E-state index in [2.05, 4.69) is 12.2 Å². The maximum Gasteiger partial charge on any atom is 0.251 e. The molecule has 0 aliphatic carbocycles. The zero-order chi connectivity index (χ0) is 13.0. The van der Waals surface area contributed by atoms with Crippen molar-refractivity contribution in [2.75, 3.05) is 13.7 Å². The van der Waals surface area contributed by atoms with E-state index in [1.807, 2.05) is 6.07 Å². The lowest BCUT2D eigenvalue weighted by Crippen LogP contribution is -2.24. The van der Waals surface area contributed by atoms with Gasteiger partial charge in [0.15, 0.2) is 0 Å². The summed E-state index contributed by atoms with van der Waals surface area (Å²) in [6.45, 7) is 2.78. The largest absolute Gasteiger partial charge is 0.496 e. The van der Waals surface area contributed by atoms with Gasteiger partial charge in [0.2, 0.25) is 0 Å². The first-order chi connectivity index (χ1) is 8.76. The molecule has 1 aromatic carbocycles. The summed E-state index contributed by atoms with van der Waals surface area (Å²) in [6.07, 6.45) is 3.62. The third kappa shape index (κ3) is 2.47. The predicted molar refractivity (Wildman–Crippen MR) is 70.0 cm³/mol. The van der Waals surface area contributed by atoms with Gasteiger partial charge < -0.3 is 14.5 Å². The molecule has 0 aliphatic rings. The molecule has 1 aromatic heterocycles. The van der Waals surface area contributed by atoms with Crippen molar-refractivity contribution in [1.82, 2.24) is 5.32 Å². The van der Waals surface area contributed by atoms with Gasteiger partial charge in [0.25, 0.3) is 5.91 Å². The number of hydrogen-bond acceptors (Lipinski definition) is 3. The molecule has 0 radical (unpaired) electrons. The molecule has 0 fully saturated rings. The van der Waals surface area contributed by atoms with Crippen LogP contribution in [-0.4, -0.2) is 19.6 Å². The molecule has 18 heavy (non-hydrogen) atoms. The van der Waals surface area contributed by atoms with E-state index in [1.165, 1.54) is 0 Å². The number of ether oxygens (including phenoxy) is 1. The molecular formula is C14H17NO3. The molecular weight excluding hydrogens is 230 g/mol. The summed E-state index contributed by atoms with van der Waals surface area (Å²) in [6, 6.07) is 5.30. The van der Waals surface area contributed by atoms with Crippen LogP contribution in [0, 0.1) is 0 Å². The standard InChI is InChI=1S/C14H17NO3/c1-3-4-6-15-14(16)10-8-12(17-2)11-5-7-18-13(11)9-10/h5,7-9H,3-4,6H2,1-2H3,(H,15,16). The number of amides is 1. The Balaban J connectivity index is 2.24. The molecule has 4 nitrogen and oxygen atoms in total. The van der Waals surface area contributed by atoms with Gasteiger partial charge in [0.05, 0.1) is 18.8 Å². The van der Waals surface area contributed by atoms with Crippen LogP contribution in [-0.2, 0) is 0 Å². The monoisotopic (exact) mass is 247 g/mol. The molecule has 0 aliphatic heterocycles. The molecule has 4 heteroatoms. The van der Waals surface area contributed by atoms with Gasteiger partial charge in [-0.2, -0.15) is 0 Å². The minimum atomic E-state index is -0.0972. The third-order valence-electron chi connectivity index (χ3n) is 2.83. The number of carbonyl (C=O) groups is 1. The molecule has 0 bridgehead atoms. The average molecular weight is 247 g/mol. The minimum Gasteiger partial charge on any atom is -0.496 e. The molecule has 0 unspecified atom stereocenters.